The van der Waals surface area contributed by atoms with Crippen molar-refractivity contribution in [1.82, 2.24) is 9.55 Å². The predicted molar refractivity (Wildman–Crippen MR) is 81.5 cm³/mol. The van der Waals surface area contributed by atoms with Gasteiger partial charge in [-0.05, 0) is 25.1 Å². The van der Waals surface area contributed by atoms with Crippen LogP contribution in [-0.4, -0.2) is 29.2 Å². The number of methoxy groups -OCH3 is 1. The van der Waals surface area contributed by atoms with Crippen molar-refractivity contribution in [1.29, 1.82) is 0 Å². The predicted octanol–water partition coefficient (Wildman–Crippen LogP) is 3.27. The van der Waals surface area contributed by atoms with Crippen LogP contribution in [-0.2, 0) is 4.74 Å². The largest absolute Gasteiger partial charge is 0.496 e. The number of pyridine rings is 1. The van der Waals surface area contributed by atoms with Crippen molar-refractivity contribution in [3.8, 4) is 11.4 Å². The van der Waals surface area contributed by atoms with E-state index in [4.69, 9.17) is 9.47 Å². The van der Waals surface area contributed by atoms with E-state index in [1.807, 2.05) is 29.1 Å². The van der Waals surface area contributed by atoms with Crippen molar-refractivity contribution in [3.05, 3.63) is 41.7 Å². The Morgan fingerprint density at radius 3 is 2.81 bits per heavy atom. The quantitative estimate of drug-likeness (QED) is 0.694. The minimum absolute atomic E-state index is 0.336. The lowest BCUT2D eigenvalue weighted by atomic mass is 10.2. The van der Waals surface area contributed by atoms with Crippen molar-refractivity contribution in [3.63, 3.8) is 0 Å². The lowest BCUT2D eigenvalue weighted by Gasteiger charge is -2.08. The van der Waals surface area contributed by atoms with E-state index in [2.05, 4.69) is 4.98 Å². The molecule has 0 spiro atoms. The lowest BCUT2D eigenvalue weighted by molar-refractivity contribution is 0.0532. The van der Waals surface area contributed by atoms with Crippen molar-refractivity contribution in [2.45, 2.75) is 6.92 Å². The molecule has 0 bridgehead atoms. The van der Waals surface area contributed by atoms with E-state index in [9.17, 15) is 4.79 Å². The molecule has 108 valence electrons. The third-order valence-electron chi connectivity index (χ3n) is 3.07. The molecule has 0 aromatic carbocycles. The van der Waals surface area contributed by atoms with Crippen molar-refractivity contribution in [2.75, 3.05) is 13.7 Å². The van der Waals surface area contributed by atoms with Crippen LogP contribution in [0.2, 0.25) is 0 Å². The molecule has 0 atom stereocenters. The SMILES string of the molecule is CCOC(=O)c1sc2nccc(OC)c2c1-n1cccc1. The number of esters is 1. The zero-order chi connectivity index (χ0) is 14.8. The van der Waals surface area contributed by atoms with Gasteiger partial charge in [0.15, 0.2) is 0 Å². The molecule has 0 aliphatic carbocycles. The summed E-state index contributed by atoms with van der Waals surface area (Å²) in [5, 5.41) is 0.823. The van der Waals surface area contributed by atoms with E-state index < -0.39 is 0 Å². The van der Waals surface area contributed by atoms with Crippen LogP contribution in [0.25, 0.3) is 15.9 Å². The van der Waals surface area contributed by atoms with Gasteiger partial charge in [0.05, 0.1) is 24.8 Å². The summed E-state index contributed by atoms with van der Waals surface area (Å²) in [6, 6.07) is 5.60. The molecule has 0 saturated heterocycles. The van der Waals surface area contributed by atoms with Crippen molar-refractivity contribution in [2.24, 2.45) is 0 Å². The van der Waals surface area contributed by atoms with Crippen LogP contribution in [0, 0.1) is 0 Å². The molecule has 0 radical (unpaired) electrons. The van der Waals surface area contributed by atoms with Crippen LogP contribution < -0.4 is 4.74 Å². The average molecular weight is 302 g/mol. The first kappa shape index (κ1) is 13.6. The van der Waals surface area contributed by atoms with E-state index in [0.717, 1.165) is 15.9 Å². The Morgan fingerprint density at radius 1 is 1.38 bits per heavy atom. The minimum Gasteiger partial charge on any atom is -0.496 e. The number of hydrogen-bond acceptors (Lipinski definition) is 5. The van der Waals surface area contributed by atoms with Crippen LogP contribution in [0.3, 0.4) is 0 Å². The van der Waals surface area contributed by atoms with Crippen LogP contribution in [0.1, 0.15) is 16.6 Å². The third-order valence-corrected chi connectivity index (χ3v) is 4.14. The first-order valence-electron chi connectivity index (χ1n) is 6.52. The Hall–Kier alpha value is -2.34. The van der Waals surface area contributed by atoms with E-state index >= 15 is 0 Å². The van der Waals surface area contributed by atoms with Crippen LogP contribution in [0.15, 0.2) is 36.8 Å². The number of fused-ring (bicyclic) bond motifs is 1. The van der Waals surface area contributed by atoms with Gasteiger partial charge in [-0.3, -0.25) is 0 Å². The van der Waals surface area contributed by atoms with Crippen molar-refractivity contribution < 1.29 is 14.3 Å². The summed E-state index contributed by atoms with van der Waals surface area (Å²) in [7, 11) is 1.61. The van der Waals surface area contributed by atoms with Crippen LogP contribution in [0.4, 0.5) is 0 Å². The first-order chi connectivity index (χ1) is 10.3. The number of aromatic nitrogens is 2. The van der Waals surface area contributed by atoms with E-state index in [0.29, 0.717) is 17.2 Å². The fourth-order valence-corrected chi connectivity index (χ4v) is 3.27. The number of thiophene rings is 1. The molecule has 0 unspecified atom stereocenters. The van der Waals surface area contributed by atoms with E-state index in [1.54, 1.807) is 26.3 Å². The van der Waals surface area contributed by atoms with E-state index in [-0.39, 0.29) is 5.97 Å². The minimum atomic E-state index is -0.341. The second-order valence-electron chi connectivity index (χ2n) is 4.28. The van der Waals surface area contributed by atoms with Gasteiger partial charge in [-0.25, -0.2) is 9.78 Å². The molecule has 0 N–H and O–H groups in total. The summed E-state index contributed by atoms with van der Waals surface area (Å²) in [6.45, 7) is 2.13. The number of ether oxygens (including phenoxy) is 2. The van der Waals surface area contributed by atoms with Crippen LogP contribution >= 0.6 is 11.3 Å². The number of nitrogens with zero attached hydrogens (tertiary/aromatic N) is 2. The van der Waals surface area contributed by atoms with Gasteiger partial charge in [-0.2, -0.15) is 0 Å². The zero-order valence-electron chi connectivity index (χ0n) is 11.7. The summed E-state index contributed by atoms with van der Waals surface area (Å²) >= 11 is 1.31. The van der Waals surface area contributed by atoms with Crippen molar-refractivity contribution >= 4 is 27.5 Å². The highest BCUT2D eigenvalue weighted by atomic mass is 32.1. The number of carbonyl (C=O) groups excluding carboxylic acids is 1. The van der Waals surface area contributed by atoms with Gasteiger partial charge in [0.25, 0.3) is 0 Å². The molecule has 5 nitrogen and oxygen atoms in total. The van der Waals surface area contributed by atoms with Gasteiger partial charge in [0, 0.05) is 18.6 Å². The number of carbonyl (C=O) groups is 1. The maximum atomic E-state index is 12.2. The molecule has 3 aromatic heterocycles. The second kappa shape index (κ2) is 5.57. The van der Waals surface area contributed by atoms with Crippen LogP contribution in [0.5, 0.6) is 5.75 Å². The molecule has 6 heteroatoms. The monoisotopic (exact) mass is 302 g/mol. The molecule has 0 saturated carbocycles. The average Bonchev–Trinajstić information content (AvgIpc) is 3.13. The first-order valence-corrected chi connectivity index (χ1v) is 7.33. The van der Waals surface area contributed by atoms with E-state index in [1.165, 1.54) is 11.3 Å². The Labute approximate surface area is 125 Å². The summed E-state index contributed by atoms with van der Waals surface area (Å²) in [6.07, 6.45) is 5.44. The maximum Gasteiger partial charge on any atom is 0.350 e. The Balaban J connectivity index is 2.32. The summed E-state index contributed by atoms with van der Waals surface area (Å²) in [5.41, 5.74) is 0.753. The van der Waals surface area contributed by atoms with Gasteiger partial charge in [0.1, 0.15) is 15.5 Å². The molecule has 0 fully saturated rings. The second-order valence-corrected chi connectivity index (χ2v) is 5.28. The highest BCUT2D eigenvalue weighted by Crippen LogP contribution is 2.38. The summed E-state index contributed by atoms with van der Waals surface area (Å²) < 4.78 is 12.5. The molecule has 0 aliphatic rings. The molecule has 3 aromatic rings. The maximum absolute atomic E-state index is 12.2. The molecule has 3 rings (SSSR count). The molecular weight excluding hydrogens is 288 g/mol. The van der Waals surface area contributed by atoms with Gasteiger partial charge in [-0.15, -0.1) is 11.3 Å². The Bertz CT molecular complexity index is 778. The molecule has 0 amide bonds. The molecule has 3 heterocycles. The number of hydrogen-bond donors (Lipinski definition) is 0. The summed E-state index contributed by atoms with van der Waals surface area (Å²) in [4.78, 5) is 17.9. The topological polar surface area (TPSA) is 53.4 Å². The van der Waals surface area contributed by atoms with Gasteiger partial charge < -0.3 is 14.0 Å². The normalized spacial score (nSPS) is 10.8. The highest BCUT2D eigenvalue weighted by molar-refractivity contribution is 7.21. The third kappa shape index (κ3) is 2.27. The lowest BCUT2D eigenvalue weighted by Crippen LogP contribution is -2.06. The molecule has 21 heavy (non-hydrogen) atoms. The zero-order valence-corrected chi connectivity index (χ0v) is 12.5. The highest BCUT2D eigenvalue weighted by Gasteiger charge is 2.23. The fraction of sp³-hybridized carbons (Fsp3) is 0.200. The van der Waals surface area contributed by atoms with Gasteiger partial charge in [-0.1, -0.05) is 0 Å². The molecule has 0 aliphatic heterocycles. The smallest absolute Gasteiger partial charge is 0.350 e. The molecular formula is C15H14N2O3S. The Morgan fingerprint density at radius 2 is 2.14 bits per heavy atom. The fourth-order valence-electron chi connectivity index (χ4n) is 2.21. The Kier molecular flexibility index (Phi) is 3.62. The number of rotatable bonds is 4. The van der Waals surface area contributed by atoms with Gasteiger partial charge >= 0.3 is 5.97 Å². The standard InChI is InChI=1S/C15H14N2O3S/c1-3-20-15(18)13-12(17-8-4-5-9-17)11-10(19-2)6-7-16-14(11)21-13/h4-9H,3H2,1-2H3. The summed E-state index contributed by atoms with van der Waals surface area (Å²) in [5.74, 6) is 0.349. The van der Waals surface area contributed by atoms with Gasteiger partial charge in [0.2, 0.25) is 0 Å².